The molecule has 0 aliphatic heterocycles. The molecule has 0 aliphatic rings. The highest BCUT2D eigenvalue weighted by molar-refractivity contribution is 5.36. The first-order valence-corrected chi connectivity index (χ1v) is 4.71. The van der Waals surface area contributed by atoms with Crippen molar-refractivity contribution in [2.75, 3.05) is 0 Å². The molecule has 3 nitrogen and oxygen atoms in total. The topological polar surface area (TPSA) is 43.8 Å². The van der Waals surface area contributed by atoms with Crippen molar-refractivity contribution in [2.45, 2.75) is 13.5 Å². The normalized spacial score (nSPS) is 10.6. The predicted octanol–water partition coefficient (Wildman–Crippen LogP) is 1.78. The van der Waals surface area contributed by atoms with Crippen molar-refractivity contribution in [2.24, 2.45) is 5.73 Å². The second-order valence-corrected chi connectivity index (χ2v) is 3.42. The van der Waals surface area contributed by atoms with Crippen molar-refractivity contribution in [3.8, 4) is 5.69 Å². The quantitative estimate of drug-likeness (QED) is 0.812. The molecule has 78 valence electrons. The van der Waals surface area contributed by atoms with Crippen molar-refractivity contribution >= 4 is 0 Å². The zero-order valence-corrected chi connectivity index (χ0v) is 8.44. The van der Waals surface area contributed by atoms with E-state index in [-0.39, 0.29) is 5.82 Å². The van der Waals surface area contributed by atoms with Gasteiger partial charge in [0.2, 0.25) is 0 Å². The lowest BCUT2D eigenvalue weighted by atomic mass is 10.2. The highest BCUT2D eigenvalue weighted by atomic mass is 19.1. The number of nitrogens with two attached hydrogens (primary N) is 1. The average Bonchev–Trinajstić information content (AvgIpc) is 2.64. The highest BCUT2D eigenvalue weighted by Crippen LogP contribution is 2.13. The van der Waals surface area contributed by atoms with E-state index in [2.05, 4.69) is 5.10 Å². The van der Waals surface area contributed by atoms with E-state index < -0.39 is 0 Å². The standard InChI is InChI=1S/C11H12FN3/c1-8-2-3-15(14-8)11-5-9(7-13)4-10(12)6-11/h2-6H,7,13H2,1H3. The molecule has 0 unspecified atom stereocenters. The summed E-state index contributed by atoms with van der Waals surface area (Å²) in [5.41, 5.74) is 7.83. The lowest BCUT2D eigenvalue weighted by Gasteiger charge is -2.04. The molecule has 2 aromatic rings. The summed E-state index contributed by atoms with van der Waals surface area (Å²) in [6, 6.07) is 6.56. The zero-order chi connectivity index (χ0) is 10.8. The van der Waals surface area contributed by atoms with E-state index in [9.17, 15) is 4.39 Å². The molecule has 0 radical (unpaired) electrons. The molecule has 0 bridgehead atoms. The van der Waals surface area contributed by atoms with E-state index in [1.165, 1.54) is 12.1 Å². The molecule has 2 N–H and O–H groups in total. The molecule has 0 saturated heterocycles. The smallest absolute Gasteiger partial charge is 0.125 e. The first-order chi connectivity index (χ1) is 7.19. The third-order valence-electron chi connectivity index (χ3n) is 2.16. The van der Waals surface area contributed by atoms with Gasteiger partial charge in [0, 0.05) is 12.7 Å². The Morgan fingerprint density at radius 2 is 2.20 bits per heavy atom. The van der Waals surface area contributed by atoms with Crippen LogP contribution in [0.3, 0.4) is 0 Å². The van der Waals surface area contributed by atoms with Crippen LogP contribution in [0.15, 0.2) is 30.5 Å². The van der Waals surface area contributed by atoms with Crippen LogP contribution in [0.4, 0.5) is 4.39 Å². The number of hydrogen-bond acceptors (Lipinski definition) is 2. The Hall–Kier alpha value is -1.68. The van der Waals surface area contributed by atoms with Gasteiger partial charge in [-0.1, -0.05) is 0 Å². The lowest BCUT2D eigenvalue weighted by molar-refractivity contribution is 0.622. The fourth-order valence-corrected chi connectivity index (χ4v) is 1.44. The van der Waals surface area contributed by atoms with E-state index >= 15 is 0 Å². The number of aryl methyl sites for hydroxylation is 1. The molecule has 0 saturated carbocycles. The van der Waals surface area contributed by atoms with Gasteiger partial charge < -0.3 is 5.73 Å². The van der Waals surface area contributed by atoms with Gasteiger partial charge in [-0.3, -0.25) is 0 Å². The summed E-state index contributed by atoms with van der Waals surface area (Å²) in [6.45, 7) is 2.21. The van der Waals surface area contributed by atoms with Crippen LogP contribution < -0.4 is 5.73 Å². The van der Waals surface area contributed by atoms with Gasteiger partial charge in [-0.2, -0.15) is 5.10 Å². The van der Waals surface area contributed by atoms with Gasteiger partial charge in [-0.05, 0) is 36.8 Å². The maximum absolute atomic E-state index is 13.2. The summed E-state index contributed by atoms with van der Waals surface area (Å²) in [5, 5.41) is 4.21. The lowest BCUT2D eigenvalue weighted by Crippen LogP contribution is -2.01. The summed E-state index contributed by atoms with van der Waals surface area (Å²) < 4.78 is 14.8. The van der Waals surface area contributed by atoms with Gasteiger partial charge >= 0.3 is 0 Å². The van der Waals surface area contributed by atoms with Crippen molar-refractivity contribution < 1.29 is 4.39 Å². The molecular formula is C11H12FN3. The van der Waals surface area contributed by atoms with Crippen molar-refractivity contribution in [1.29, 1.82) is 0 Å². The number of nitrogens with zero attached hydrogens (tertiary/aromatic N) is 2. The molecule has 1 aromatic carbocycles. The van der Waals surface area contributed by atoms with Gasteiger partial charge in [0.1, 0.15) is 5.82 Å². The van der Waals surface area contributed by atoms with Gasteiger partial charge in [0.05, 0.1) is 11.4 Å². The van der Waals surface area contributed by atoms with Crippen molar-refractivity contribution in [3.63, 3.8) is 0 Å². The van der Waals surface area contributed by atoms with E-state index in [1.54, 1.807) is 10.9 Å². The van der Waals surface area contributed by atoms with Gasteiger partial charge in [-0.15, -0.1) is 0 Å². The van der Waals surface area contributed by atoms with Crippen molar-refractivity contribution in [3.05, 3.63) is 47.5 Å². The van der Waals surface area contributed by atoms with Crippen LogP contribution in [0, 0.1) is 12.7 Å². The molecule has 1 heterocycles. The number of aromatic nitrogens is 2. The average molecular weight is 205 g/mol. The number of rotatable bonds is 2. The van der Waals surface area contributed by atoms with E-state index in [1.807, 2.05) is 19.1 Å². The Morgan fingerprint density at radius 3 is 2.80 bits per heavy atom. The van der Waals surface area contributed by atoms with Gasteiger partial charge in [0.25, 0.3) is 0 Å². The monoisotopic (exact) mass is 205 g/mol. The fraction of sp³-hybridized carbons (Fsp3) is 0.182. The van der Waals surface area contributed by atoms with Crippen LogP contribution in [0.5, 0.6) is 0 Å². The minimum Gasteiger partial charge on any atom is -0.326 e. The molecule has 0 atom stereocenters. The van der Waals surface area contributed by atoms with Crippen LogP contribution in [-0.2, 0) is 6.54 Å². The molecular weight excluding hydrogens is 193 g/mol. The van der Waals surface area contributed by atoms with Gasteiger partial charge in [0.15, 0.2) is 0 Å². The Balaban J connectivity index is 2.48. The summed E-state index contributed by atoms with van der Waals surface area (Å²) in [7, 11) is 0. The minimum atomic E-state index is -0.291. The van der Waals surface area contributed by atoms with E-state index in [0.29, 0.717) is 12.2 Å². The molecule has 0 spiro atoms. The van der Waals surface area contributed by atoms with Gasteiger partial charge in [-0.25, -0.2) is 9.07 Å². The second-order valence-electron chi connectivity index (χ2n) is 3.42. The Labute approximate surface area is 87.3 Å². The van der Waals surface area contributed by atoms with Crippen LogP contribution in [0.25, 0.3) is 5.69 Å². The van der Waals surface area contributed by atoms with Crippen LogP contribution in [-0.4, -0.2) is 9.78 Å². The summed E-state index contributed by atoms with van der Waals surface area (Å²) in [5.74, 6) is -0.291. The summed E-state index contributed by atoms with van der Waals surface area (Å²) in [6.07, 6.45) is 1.80. The van der Waals surface area contributed by atoms with E-state index in [4.69, 9.17) is 5.73 Å². The number of halogens is 1. The Bertz CT molecular complexity index is 476. The minimum absolute atomic E-state index is 0.291. The second kappa shape index (κ2) is 3.82. The molecule has 4 heteroatoms. The van der Waals surface area contributed by atoms with Crippen LogP contribution in [0.1, 0.15) is 11.3 Å². The third-order valence-corrected chi connectivity index (χ3v) is 2.16. The Morgan fingerprint density at radius 1 is 1.40 bits per heavy atom. The summed E-state index contributed by atoms with van der Waals surface area (Å²) >= 11 is 0. The van der Waals surface area contributed by atoms with E-state index in [0.717, 1.165) is 11.3 Å². The first kappa shape index (κ1) is 9.86. The van der Waals surface area contributed by atoms with Crippen LogP contribution >= 0.6 is 0 Å². The molecule has 15 heavy (non-hydrogen) atoms. The molecule has 0 amide bonds. The SMILES string of the molecule is Cc1ccn(-c2cc(F)cc(CN)c2)n1. The molecule has 1 aromatic heterocycles. The largest absolute Gasteiger partial charge is 0.326 e. The molecule has 0 fully saturated rings. The fourth-order valence-electron chi connectivity index (χ4n) is 1.44. The summed E-state index contributed by atoms with van der Waals surface area (Å²) in [4.78, 5) is 0. The maximum Gasteiger partial charge on any atom is 0.125 e. The molecule has 0 aliphatic carbocycles. The molecule has 2 rings (SSSR count). The van der Waals surface area contributed by atoms with Crippen LogP contribution in [0.2, 0.25) is 0 Å². The Kier molecular flexibility index (Phi) is 2.51. The first-order valence-electron chi connectivity index (χ1n) is 4.71. The number of benzene rings is 1. The maximum atomic E-state index is 13.2. The predicted molar refractivity (Wildman–Crippen MR) is 56.2 cm³/mol. The third kappa shape index (κ3) is 2.05. The van der Waals surface area contributed by atoms with Crippen molar-refractivity contribution in [1.82, 2.24) is 9.78 Å². The highest BCUT2D eigenvalue weighted by Gasteiger charge is 2.02. The number of hydrogen-bond donors (Lipinski definition) is 1. The zero-order valence-electron chi connectivity index (χ0n) is 8.44.